The van der Waals surface area contributed by atoms with Gasteiger partial charge in [0.25, 0.3) is 0 Å². The minimum atomic E-state index is -4.83. The Hall–Kier alpha value is -1.27. The maximum Gasteiger partial charge on any atom is 0.406 e. The second-order valence-electron chi connectivity index (χ2n) is 6.16. The summed E-state index contributed by atoms with van der Waals surface area (Å²) in [6, 6.07) is 0. The second kappa shape index (κ2) is 5.85. The molecule has 1 unspecified atom stereocenters. The van der Waals surface area contributed by atoms with Crippen molar-refractivity contribution in [3.8, 4) is 0 Å². The third-order valence-corrected chi connectivity index (χ3v) is 4.76. The Morgan fingerprint density at radius 1 is 1.19 bits per heavy atom. The van der Waals surface area contributed by atoms with Crippen molar-refractivity contribution in [2.45, 2.75) is 51.1 Å². The molecule has 1 aliphatic carbocycles. The van der Waals surface area contributed by atoms with Crippen LogP contribution in [0, 0.1) is 11.3 Å². The van der Waals surface area contributed by atoms with E-state index < -0.39 is 30.5 Å². The van der Waals surface area contributed by atoms with Gasteiger partial charge in [0, 0.05) is 19.5 Å². The highest BCUT2D eigenvalue weighted by molar-refractivity contribution is 5.81. The number of carbonyl (C=O) groups is 2. The molecule has 2 fully saturated rings. The topological polar surface area (TPSA) is 57.6 Å². The van der Waals surface area contributed by atoms with Gasteiger partial charge in [-0.05, 0) is 25.2 Å². The number of carboxylic acid groups (broad SMARTS) is 1. The molecule has 2 aliphatic rings. The number of likely N-dealkylation sites (tertiary alicyclic amines) is 1. The van der Waals surface area contributed by atoms with E-state index in [2.05, 4.69) is 0 Å². The van der Waals surface area contributed by atoms with Gasteiger partial charge in [-0.3, -0.25) is 9.59 Å². The molecule has 1 atom stereocenters. The molecule has 0 aromatic carbocycles. The van der Waals surface area contributed by atoms with Crippen LogP contribution in [0.25, 0.3) is 0 Å². The Labute approximate surface area is 121 Å². The van der Waals surface area contributed by atoms with Crippen molar-refractivity contribution in [1.29, 1.82) is 0 Å². The first-order valence-electron chi connectivity index (χ1n) is 7.34. The summed E-state index contributed by atoms with van der Waals surface area (Å²) in [6.07, 6.45) is -0.0237. The molecule has 0 aromatic rings. The lowest BCUT2D eigenvalue weighted by molar-refractivity contribution is -0.227. The fourth-order valence-corrected chi connectivity index (χ4v) is 3.32. The summed E-state index contributed by atoms with van der Waals surface area (Å²) in [5.41, 5.74) is -2.80. The van der Waals surface area contributed by atoms with Crippen LogP contribution in [0.5, 0.6) is 0 Å². The van der Waals surface area contributed by atoms with Gasteiger partial charge in [-0.1, -0.05) is 19.3 Å². The third-order valence-electron chi connectivity index (χ3n) is 4.76. The number of amides is 1. The highest BCUT2D eigenvalue weighted by atomic mass is 19.4. The number of hydrogen-bond donors (Lipinski definition) is 1. The number of hydrogen-bond acceptors (Lipinski definition) is 2. The second-order valence-corrected chi connectivity index (χ2v) is 6.16. The summed E-state index contributed by atoms with van der Waals surface area (Å²) in [6.45, 7) is -0.880. The average molecular weight is 307 g/mol. The molecular weight excluding hydrogens is 287 g/mol. The fraction of sp³-hybridized carbons (Fsp3) is 0.857. The van der Waals surface area contributed by atoms with Gasteiger partial charge in [-0.25, -0.2) is 0 Å². The van der Waals surface area contributed by atoms with Crippen LogP contribution in [-0.2, 0) is 9.59 Å². The first kappa shape index (κ1) is 16.1. The Morgan fingerprint density at radius 3 is 2.29 bits per heavy atom. The van der Waals surface area contributed by atoms with Crippen LogP contribution < -0.4 is 0 Å². The molecule has 1 saturated heterocycles. The standard InChI is InChI=1S/C14H20F3NO3/c15-14(16,17)13(12(20)21)6-7-18(9-13)11(19)8-10-4-2-1-3-5-10/h10H,1-9H2,(H,20,21). The van der Waals surface area contributed by atoms with Crippen molar-refractivity contribution in [1.82, 2.24) is 4.90 Å². The average Bonchev–Trinajstić information content (AvgIpc) is 2.86. The molecule has 4 nitrogen and oxygen atoms in total. The van der Waals surface area contributed by atoms with Crippen molar-refractivity contribution in [3.63, 3.8) is 0 Å². The highest BCUT2D eigenvalue weighted by Crippen LogP contribution is 2.46. The lowest BCUT2D eigenvalue weighted by atomic mass is 9.86. The van der Waals surface area contributed by atoms with E-state index in [-0.39, 0.29) is 24.8 Å². The molecular formula is C14H20F3NO3. The van der Waals surface area contributed by atoms with Gasteiger partial charge in [-0.2, -0.15) is 13.2 Å². The van der Waals surface area contributed by atoms with E-state index in [0.717, 1.165) is 37.0 Å². The molecule has 1 amide bonds. The maximum atomic E-state index is 13.0. The third kappa shape index (κ3) is 3.16. The van der Waals surface area contributed by atoms with Gasteiger partial charge in [-0.15, -0.1) is 0 Å². The molecule has 1 aliphatic heterocycles. The van der Waals surface area contributed by atoms with Crippen LogP contribution in [0.1, 0.15) is 44.9 Å². The van der Waals surface area contributed by atoms with Crippen molar-refractivity contribution < 1.29 is 27.9 Å². The molecule has 120 valence electrons. The van der Waals surface area contributed by atoms with Crippen LogP contribution in [0.3, 0.4) is 0 Å². The zero-order valence-corrected chi connectivity index (χ0v) is 11.8. The molecule has 1 heterocycles. The molecule has 7 heteroatoms. The number of carboxylic acids is 1. The molecule has 0 bridgehead atoms. The molecule has 1 saturated carbocycles. The normalized spacial score (nSPS) is 27.9. The molecule has 21 heavy (non-hydrogen) atoms. The summed E-state index contributed by atoms with van der Waals surface area (Å²) < 4.78 is 39.1. The SMILES string of the molecule is O=C(CC1CCCCC1)N1CCC(C(=O)O)(C(F)(F)F)C1. The van der Waals surface area contributed by atoms with E-state index in [1.807, 2.05) is 0 Å². The number of carbonyl (C=O) groups excluding carboxylic acids is 1. The van der Waals surface area contributed by atoms with E-state index in [0.29, 0.717) is 0 Å². The van der Waals surface area contributed by atoms with Crippen LogP contribution in [-0.4, -0.2) is 41.1 Å². The van der Waals surface area contributed by atoms with Crippen LogP contribution in [0.4, 0.5) is 13.2 Å². The van der Waals surface area contributed by atoms with Crippen molar-refractivity contribution >= 4 is 11.9 Å². The smallest absolute Gasteiger partial charge is 0.406 e. The summed E-state index contributed by atoms with van der Waals surface area (Å²) in [4.78, 5) is 24.3. The minimum absolute atomic E-state index is 0.128. The maximum absolute atomic E-state index is 13.0. The van der Waals surface area contributed by atoms with Gasteiger partial charge in [0.1, 0.15) is 0 Å². The summed E-state index contributed by atoms with van der Waals surface area (Å²) in [5.74, 6) is -1.99. The lowest BCUT2D eigenvalue weighted by Gasteiger charge is -2.28. The summed E-state index contributed by atoms with van der Waals surface area (Å²) >= 11 is 0. The number of rotatable bonds is 3. The van der Waals surface area contributed by atoms with Crippen molar-refractivity contribution in [2.75, 3.05) is 13.1 Å². The van der Waals surface area contributed by atoms with Crippen LogP contribution in [0.2, 0.25) is 0 Å². The predicted octanol–water partition coefficient (Wildman–Crippen LogP) is 2.82. The molecule has 2 rings (SSSR count). The number of alkyl halides is 3. The first-order chi connectivity index (χ1) is 9.76. The zero-order chi connectivity index (χ0) is 15.7. The van der Waals surface area contributed by atoms with Gasteiger partial charge in [0.05, 0.1) is 0 Å². The minimum Gasteiger partial charge on any atom is -0.481 e. The lowest BCUT2D eigenvalue weighted by Crippen LogP contribution is -2.47. The quantitative estimate of drug-likeness (QED) is 0.872. The molecule has 0 radical (unpaired) electrons. The summed E-state index contributed by atoms with van der Waals surface area (Å²) in [5, 5.41) is 8.96. The van der Waals surface area contributed by atoms with Gasteiger partial charge < -0.3 is 10.0 Å². The Bertz CT molecular complexity index is 418. The monoisotopic (exact) mass is 307 g/mol. The van der Waals surface area contributed by atoms with Gasteiger partial charge in [0.15, 0.2) is 5.41 Å². The molecule has 1 N–H and O–H groups in total. The van der Waals surface area contributed by atoms with Crippen LogP contribution >= 0.6 is 0 Å². The number of aliphatic carboxylic acids is 1. The largest absolute Gasteiger partial charge is 0.481 e. The Balaban J connectivity index is 2.00. The highest BCUT2D eigenvalue weighted by Gasteiger charge is 2.64. The number of nitrogens with zero attached hydrogens (tertiary/aromatic N) is 1. The Kier molecular flexibility index (Phi) is 4.49. The van der Waals surface area contributed by atoms with Crippen LogP contribution in [0.15, 0.2) is 0 Å². The van der Waals surface area contributed by atoms with Gasteiger partial charge >= 0.3 is 12.1 Å². The van der Waals surface area contributed by atoms with Gasteiger partial charge in [0.2, 0.25) is 5.91 Å². The van der Waals surface area contributed by atoms with E-state index in [9.17, 15) is 22.8 Å². The summed E-state index contributed by atoms with van der Waals surface area (Å²) in [7, 11) is 0. The van der Waals surface area contributed by atoms with Crippen molar-refractivity contribution in [2.24, 2.45) is 11.3 Å². The first-order valence-corrected chi connectivity index (χ1v) is 7.34. The zero-order valence-electron chi connectivity index (χ0n) is 11.8. The Morgan fingerprint density at radius 2 is 1.81 bits per heavy atom. The van der Waals surface area contributed by atoms with E-state index >= 15 is 0 Å². The van der Waals surface area contributed by atoms with Crippen molar-refractivity contribution in [3.05, 3.63) is 0 Å². The number of halogens is 3. The van der Waals surface area contributed by atoms with E-state index in [1.165, 1.54) is 0 Å². The van der Waals surface area contributed by atoms with E-state index in [1.54, 1.807) is 0 Å². The fourth-order valence-electron chi connectivity index (χ4n) is 3.32. The predicted molar refractivity (Wildman–Crippen MR) is 68.5 cm³/mol. The molecule has 0 aromatic heterocycles. The van der Waals surface area contributed by atoms with E-state index in [4.69, 9.17) is 5.11 Å². The molecule has 0 spiro atoms.